The Morgan fingerprint density at radius 2 is 1.88 bits per heavy atom. The van der Waals surface area contributed by atoms with Gasteiger partial charge in [-0.05, 0) is 48.6 Å². The summed E-state index contributed by atoms with van der Waals surface area (Å²) in [7, 11) is 0. The molecule has 0 saturated heterocycles. The Kier molecular flexibility index (Phi) is 5.71. The second-order valence-electron chi connectivity index (χ2n) is 5.65. The zero-order chi connectivity index (χ0) is 18.5. The fourth-order valence-electron chi connectivity index (χ4n) is 2.44. The molecule has 1 atom stereocenters. The highest BCUT2D eigenvalue weighted by Crippen LogP contribution is 2.32. The molecule has 4 nitrogen and oxygen atoms in total. The number of thioether (sulfide) groups is 1. The van der Waals surface area contributed by atoms with Gasteiger partial charge in [-0.3, -0.25) is 4.28 Å². The van der Waals surface area contributed by atoms with E-state index in [-0.39, 0.29) is 0 Å². The van der Waals surface area contributed by atoms with Crippen molar-refractivity contribution in [1.29, 1.82) is 5.26 Å². The summed E-state index contributed by atoms with van der Waals surface area (Å²) < 4.78 is 17.5. The van der Waals surface area contributed by atoms with Crippen molar-refractivity contribution in [2.45, 2.75) is 18.7 Å². The highest BCUT2D eigenvalue weighted by atomic mass is 32.2. The van der Waals surface area contributed by atoms with Crippen LogP contribution in [0.4, 0.5) is 0 Å². The van der Waals surface area contributed by atoms with Gasteiger partial charge in [-0.1, -0.05) is 58.9 Å². The Morgan fingerprint density at radius 1 is 1.15 bits per heavy atom. The molecule has 0 aliphatic carbocycles. The van der Waals surface area contributed by atoms with Gasteiger partial charge in [-0.25, -0.2) is 4.21 Å². The lowest BCUT2D eigenvalue weighted by Gasteiger charge is -2.07. The molecule has 130 valence electrons. The smallest absolute Gasteiger partial charge is 0.265 e. The highest BCUT2D eigenvalue weighted by Gasteiger charge is 2.19. The van der Waals surface area contributed by atoms with Gasteiger partial charge >= 0.3 is 0 Å². The van der Waals surface area contributed by atoms with Crippen molar-refractivity contribution in [2.24, 2.45) is 5.16 Å². The van der Waals surface area contributed by atoms with Crippen LogP contribution in [0.2, 0.25) is 0 Å². The van der Waals surface area contributed by atoms with E-state index in [0.717, 1.165) is 16.7 Å². The Labute approximate surface area is 159 Å². The summed E-state index contributed by atoms with van der Waals surface area (Å²) in [5, 5.41) is 16.0. The molecule has 0 amide bonds. The molecule has 1 aliphatic heterocycles. The molecule has 0 saturated carbocycles. The van der Waals surface area contributed by atoms with Gasteiger partial charge in [0.05, 0.1) is 10.5 Å². The molecule has 0 N–H and O–H groups in total. The Balaban J connectivity index is 1.89. The molecule has 0 spiro atoms. The minimum Gasteiger partial charge on any atom is -0.286 e. The average molecular weight is 380 g/mol. The first-order valence-corrected chi connectivity index (χ1v) is 9.83. The van der Waals surface area contributed by atoms with Crippen LogP contribution in [0.5, 0.6) is 0 Å². The zero-order valence-electron chi connectivity index (χ0n) is 14.3. The summed E-state index contributed by atoms with van der Waals surface area (Å²) in [5.74, 6) is 0. The van der Waals surface area contributed by atoms with Crippen molar-refractivity contribution in [2.75, 3.05) is 0 Å². The minimum absolute atomic E-state index is 0.519. The van der Waals surface area contributed by atoms with E-state index >= 15 is 0 Å². The Morgan fingerprint density at radius 3 is 2.58 bits per heavy atom. The SMILES string of the molecule is Cc1ccc(S(=O)O/N=C2\SC=C\C2=C(\C#N)c2ccccc2C)cc1. The fourth-order valence-corrected chi connectivity index (χ4v) is 3.79. The number of hydrogen-bond acceptors (Lipinski definition) is 5. The van der Waals surface area contributed by atoms with Crippen LogP contribution in [-0.4, -0.2) is 9.25 Å². The number of benzene rings is 2. The van der Waals surface area contributed by atoms with Crippen LogP contribution in [0.25, 0.3) is 5.57 Å². The van der Waals surface area contributed by atoms with Crippen LogP contribution in [-0.2, 0) is 15.4 Å². The maximum Gasteiger partial charge on any atom is 0.265 e. The number of nitrogens with zero attached hydrogens (tertiary/aromatic N) is 2. The summed E-state index contributed by atoms with van der Waals surface area (Å²) in [6.07, 6.45) is 1.83. The van der Waals surface area contributed by atoms with Crippen LogP contribution in [0.15, 0.2) is 75.6 Å². The van der Waals surface area contributed by atoms with Crippen molar-refractivity contribution in [3.05, 3.63) is 82.3 Å². The van der Waals surface area contributed by atoms with Crippen LogP contribution >= 0.6 is 11.8 Å². The molecule has 3 rings (SSSR count). The van der Waals surface area contributed by atoms with Crippen LogP contribution < -0.4 is 0 Å². The minimum atomic E-state index is -1.70. The van der Waals surface area contributed by atoms with Crippen molar-refractivity contribution in [3.8, 4) is 6.07 Å². The van der Waals surface area contributed by atoms with Gasteiger partial charge in [-0.2, -0.15) is 5.26 Å². The van der Waals surface area contributed by atoms with Gasteiger partial charge in [0.25, 0.3) is 11.1 Å². The van der Waals surface area contributed by atoms with Crippen LogP contribution in [0, 0.1) is 25.2 Å². The van der Waals surface area contributed by atoms with Gasteiger partial charge in [0.15, 0.2) is 0 Å². The maximum absolute atomic E-state index is 12.3. The Bertz CT molecular complexity index is 984. The maximum atomic E-state index is 12.3. The summed E-state index contributed by atoms with van der Waals surface area (Å²) in [5.41, 5.74) is 4.13. The number of nitriles is 1. The first-order valence-electron chi connectivity index (χ1n) is 7.88. The largest absolute Gasteiger partial charge is 0.286 e. The summed E-state index contributed by atoms with van der Waals surface area (Å²) >= 11 is -0.365. The molecule has 0 fully saturated rings. The van der Waals surface area contributed by atoms with Crippen molar-refractivity contribution in [1.82, 2.24) is 0 Å². The third-order valence-electron chi connectivity index (χ3n) is 3.84. The molecule has 6 heteroatoms. The lowest BCUT2D eigenvalue weighted by molar-refractivity contribution is 0.375. The van der Waals surface area contributed by atoms with E-state index in [4.69, 9.17) is 4.28 Å². The van der Waals surface area contributed by atoms with E-state index in [9.17, 15) is 9.47 Å². The molecule has 1 unspecified atom stereocenters. The van der Waals surface area contributed by atoms with Crippen LogP contribution in [0.1, 0.15) is 16.7 Å². The van der Waals surface area contributed by atoms with Gasteiger partial charge < -0.3 is 0 Å². The molecular weight excluding hydrogens is 364 g/mol. The number of aryl methyl sites for hydroxylation is 2. The summed E-state index contributed by atoms with van der Waals surface area (Å²) in [6.45, 7) is 3.92. The van der Waals surface area contributed by atoms with Gasteiger partial charge in [-0.15, -0.1) is 0 Å². The van der Waals surface area contributed by atoms with Gasteiger partial charge in [0.2, 0.25) is 0 Å². The molecular formula is C20H16N2O2S2. The van der Waals surface area contributed by atoms with E-state index in [1.54, 1.807) is 12.1 Å². The molecule has 26 heavy (non-hydrogen) atoms. The predicted octanol–water partition coefficient (Wildman–Crippen LogP) is 4.89. The highest BCUT2D eigenvalue weighted by molar-refractivity contribution is 8.17. The topological polar surface area (TPSA) is 62.4 Å². The standard InChI is InChI=1S/C20H16N2O2S2/c1-14-7-9-16(10-8-14)26(23)24-22-20-18(11-12-25-20)19(13-21)17-6-4-3-5-15(17)2/h3-12H,1-2H3/b19-18+,22-20-. The predicted molar refractivity (Wildman–Crippen MR) is 107 cm³/mol. The van der Waals surface area contributed by atoms with Crippen molar-refractivity contribution >= 4 is 33.5 Å². The van der Waals surface area contributed by atoms with E-state index in [1.165, 1.54) is 11.8 Å². The second kappa shape index (κ2) is 8.17. The summed E-state index contributed by atoms with van der Waals surface area (Å²) in [4.78, 5) is 0.542. The molecule has 1 heterocycles. The van der Waals surface area contributed by atoms with E-state index in [2.05, 4.69) is 11.2 Å². The summed E-state index contributed by atoms with van der Waals surface area (Å²) in [6, 6.07) is 17.2. The fraction of sp³-hybridized carbons (Fsp3) is 0.100. The first kappa shape index (κ1) is 18.2. The normalized spacial score (nSPS) is 17.8. The lowest BCUT2D eigenvalue weighted by atomic mass is 9.97. The lowest BCUT2D eigenvalue weighted by Crippen LogP contribution is -2.00. The number of oxime groups is 1. The molecule has 2 aromatic rings. The number of rotatable bonds is 4. The Hall–Kier alpha value is -2.62. The zero-order valence-corrected chi connectivity index (χ0v) is 15.9. The molecule has 0 radical (unpaired) electrons. The quantitative estimate of drug-likeness (QED) is 0.559. The molecule has 2 aromatic carbocycles. The van der Waals surface area contributed by atoms with Crippen LogP contribution in [0.3, 0.4) is 0 Å². The van der Waals surface area contributed by atoms with Crippen molar-refractivity contribution in [3.63, 3.8) is 0 Å². The third kappa shape index (κ3) is 3.96. The average Bonchev–Trinajstić information content (AvgIpc) is 3.11. The van der Waals surface area contributed by atoms with E-state index < -0.39 is 11.1 Å². The van der Waals surface area contributed by atoms with E-state index in [1.807, 2.05) is 61.7 Å². The van der Waals surface area contributed by atoms with E-state index in [0.29, 0.717) is 21.1 Å². The van der Waals surface area contributed by atoms with Crippen molar-refractivity contribution < 1.29 is 8.49 Å². The second-order valence-corrected chi connectivity index (χ2v) is 7.64. The monoisotopic (exact) mass is 380 g/mol. The van der Waals surface area contributed by atoms with Gasteiger partial charge in [0, 0.05) is 5.57 Å². The molecule has 0 bridgehead atoms. The number of hydrogen-bond donors (Lipinski definition) is 0. The number of allylic oxidation sites excluding steroid dienone is 2. The van der Waals surface area contributed by atoms with Gasteiger partial charge in [0.1, 0.15) is 11.1 Å². The molecule has 0 aromatic heterocycles. The third-order valence-corrected chi connectivity index (χ3v) is 5.50. The molecule has 1 aliphatic rings. The first-order chi connectivity index (χ1) is 12.6.